The van der Waals surface area contributed by atoms with Gasteiger partial charge in [-0.1, -0.05) is 24.3 Å². The molecule has 3 rings (SSSR count). The number of aromatic nitrogens is 1. The third-order valence-electron chi connectivity index (χ3n) is 3.97. The van der Waals surface area contributed by atoms with Gasteiger partial charge in [0.1, 0.15) is 5.92 Å². The summed E-state index contributed by atoms with van der Waals surface area (Å²) in [5, 5.41) is 1.79. The molecule has 0 amide bonds. The third kappa shape index (κ3) is 3.05. The summed E-state index contributed by atoms with van der Waals surface area (Å²) in [6, 6.07) is 13.3. The van der Waals surface area contributed by atoms with E-state index in [2.05, 4.69) is 4.98 Å². The largest absolute Gasteiger partial charge is 0.466 e. The molecule has 1 fully saturated rings. The second-order valence-corrected chi connectivity index (χ2v) is 5.48. The Bertz CT molecular complexity index is 648. The van der Waals surface area contributed by atoms with Crippen LogP contribution in [0.15, 0.2) is 54.9 Å². The normalized spacial score (nSPS) is 23.7. The van der Waals surface area contributed by atoms with Crippen molar-refractivity contribution in [3.8, 4) is 0 Å². The van der Waals surface area contributed by atoms with Gasteiger partial charge in [-0.25, -0.2) is 5.06 Å². The van der Waals surface area contributed by atoms with E-state index in [-0.39, 0.29) is 18.1 Å². The zero-order valence-corrected chi connectivity index (χ0v) is 13.3. The molecule has 2 heterocycles. The molecule has 5 nitrogen and oxygen atoms in total. The van der Waals surface area contributed by atoms with Gasteiger partial charge in [-0.05, 0) is 37.6 Å². The number of ether oxygens (including phenoxy) is 1. The molecule has 0 radical (unpaired) electrons. The Labute approximate surface area is 135 Å². The van der Waals surface area contributed by atoms with Gasteiger partial charge >= 0.3 is 5.97 Å². The molecule has 1 saturated heterocycles. The van der Waals surface area contributed by atoms with Gasteiger partial charge in [0, 0.05) is 12.4 Å². The van der Waals surface area contributed by atoms with Crippen LogP contribution in [0.1, 0.15) is 25.5 Å². The van der Waals surface area contributed by atoms with Crippen molar-refractivity contribution in [2.24, 2.45) is 5.92 Å². The van der Waals surface area contributed by atoms with Gasteiger partial charge in [0.25, 0.3) is 0 Å². The van der Waals surface area contributed by atoms with Crippen molar-refractivity contribution in [2.75, 3.05) is 11.7 Å². The lowest BCUT2D eigenvalue weighted by molar-refractivity contribution is -0.149. The summed E-state index contributed by atoms with van der Waals surface area (Å²) in [5.41, 5.74) is 1.83. The SMILES string of the molecule is CCOC(=O)[C@H]1[C@H](C)ON(c2ccccc2)[C@@H]1c1cccnc1. The average Bonchev–Trinajstić information content (AvgIpc) is 2.94. The van der Waals surface area contributed by atoms with Crippen LogP contribution >= 0.6 is 0 Å². The molecule has 5 heteroatoms. The van der Waals surface area contributed by atoms with Gasteiger partial charge < -0.3 is 4.74 Å². The zero-order valence-electron chi connectivity index (χ0n) is 13.3. The number of hydroxylamine groups is 1. The summed E-state index contributed by atoms with van der Waals surface area (Å²) in [7, 11) is 0. The number of carbonyl (C=O) groups is 1. The minimum absolute atomic E-state index is 0.243. The zero-order chi connectivity index (χ0) is 16.2. The molecule has 1 aliphatic rings. The molecular weight excluding hydrogens is 292 g/mol. The molecule has 0 spiro atoms. The van der Waals surface area contributed by atoms with Crippen LogP contribution in [-0.4, -0.2) is 23.7 Å². The number of anilines is 1. The van der Waals surface area contributed by atoms with Gasteiger partial charge in [-0.2, -0.15) is 0 Å². The van der Waals surface area contributed by atoms with Gasteiger partial charge in [-0.15, -0.1) is 0 Å². The molecule has 0 saturated carbocycles. The maximum Gasteiger partial charge on any atom is 0.314 e. The van der Waals surface area contributed by atoms with Gasteiger partial charge in [-0.3, -0.25) is 14.6 Å². The number of esters is 1. The predicted octanol–water partition coefficient (Wildman–Crippen LogP) is 3.14. The van der Waals surface area contributed by atoms with E-state index in [0.717, 1.165) is 11.3 Å². The monoisotopic (exact) mass is 312 g/mol. The molecule has 0 bridgehead atoms. The van der Waals surface area contributed by atoms with Gasteiger partial charge in [0.2, 0.25) is 0 Å². The number of carbonyl (C=O) groups excluding carboxylic acids is 1. The fraction of sp³-hybridized carbons (Fsp3) is 0.333. The first-order valence-corrected chi connectivity index (χ1v) is 7.80. The van der Waals surface area contributed by atoms with Crippen molar-refractivity contribution in [3.05, 3.63) is 60.4 Å². The van der Waals surface area contributed by atoms with E-state index in [4.69, 9.17) is 9.57 Å². The van der Waals surface area contributed by atoms with Crippen molar-refractivity contribution >= 4 is 11.7 Å². The molecule has 0 aliphatic carbocycles. The molecule has 23 heavy (non-hydrogen) atoms. The second-order valence-electron chi connectivity index (χ2n) is 5.48. The van der Waals surface area contributed by atoms with E-state index >= 15 is 0 Å². The van der Waals surface area contributed by atoms with E-state index in [1.54, 1.807) is 17.5 Å². The first kappa shape index (κ1) is 15.5. The summed E-state index contributed by atoms with van der Waals surface area (Å²) in [6.07, 6.45) is 3.21. The molecule has 0 N–H and O–H groups in total. The van der Waals surface area contributed by atoms with E-state index in [0.29, 0.717) is 6.61 Å². The Morgan fingerprint density at radius 3 is 2.70 bits per heavy atom. The predicted molar refractivity (Wildman–Crippen MR) is 86.6 cm³/mol. The van der Waals surface area contributed by atoms with Gasteiger partial charge in [0.15, 0.2) is 0 Å². The quantitative estimate of drug-likeness (QED) is 0.812. The van der Waals surface area contributed by atoms with Crippen molar-refractivity contribution in [1.82, 2.24) is 4.98 Å². The van der Waals surface area contributed by atoms with Crippen LogP contribution in [0.5, 0.6) is 0 Å². The maximum absolute atomic E-state index is 12.5. The van der Waals surface area contributed by atoms with E-state index in [9.17, 15) is 4.79 Å². The highest BCUT2D eigenvalue weighted by atomic mass is 16.7. The first-order valence-electron chi connectivity index (χ1n) is 7.80. The summed E-state index contributed by atoms with van der Waals surface area (Å²) < 4.78 is 5.27. The van der Waals surface area contributed by atoms with Crippen molar-refractivity contribution in [1.29, 1.82) is 0 Å². The summed E-state index contributed by atoms with van der Waals surface area (Å²) in [5.74, 6) is -0.647. The lowest BCUT2D eigenvalue weighted by Crippen LogP contribution is -2.30. The minimum Gasteiger partial charge on any atom is -0.466 e. The van der Waals surface area contributed by atoms with E-state index < -0.39 is 5.92 Å². The first-order chi connectivity index (χ1) is 11.2. The Hall–Kier alpha value is -2.40. The molecule has 3 atom stereocenters. The van der Waals surface area contributed by atoms with E-state index in [1.807, 2.05) is 56.3 Å². The minimum atomic E-state index is -0.403. The number of para-hydroxylation sites is 1. The molecule has 1 aliphatic heterocycles. The van der Waals surface area contributed by atoms with Crippen molar-refractivity contribution < 1.29 is 14.4 Å². The fourth-order valence-electron chi connectivity index (χ4n) is 2.96. The summed E-state index contributed by atoms with van der Waals surface area (Å²) >= 11 is 0. The molecule has 120 valence electrons. The Morgan fingerprint density at radius 1 is 1.26 bits per heavy atom. The lowest BCUT2D eigenvalue weighted by atomic mass is 9.90. The molecule has 1 aromatic carbocycles. The fourth-order valence-corrected chi connectivity index (χ4v) is 2.96. The average molecular weight is 312 g/mol. The third-order valence-corrected chi connectivity index (χ3v) is 3.97. The Morgan fingerprint density at radius 2 is 2.04 bits per heavy atom. The van der Waals surface area contributed by atoms with Crippen LogP contribution in [0, 0.1) is 5.92 Å². The summed E-state index contributed by atoms with van der Waals surface area (Å²) in [6.45, 7) is 4.06. The molecule has 1 aromatic heterocycles. The highest BCUT2D eigenvalue weighted by Crippen LogP contribution is 2.42. The molecule has 0 unspecified atom stereocenters. The van der Waals surface area contributed by atoms with Crippen LogP contribution in [0.3, 0.4) is 0 Å². The van der Waals surface area contributed by atoms with E-state index in [1.165, 1.54) is 0 Å². The van der Waals surface area contributed by atoms with Crippen LogP contribution < -0.4 is 5.06 Å². The number of nitrogens with zero attached hydrogens (tertiary/aromatic N) is 2. The highest BCUT2D eigenvalue weighted by molar-refractivity contribution is 5.76. The van der Waals surface area contributed by atoms with Crippen LogP contribution in [-0.2, 0) is 14.4 Å². The number of hydrogen-bond donors (Lipinski definition) is 0. The Balaban J connectivity index is 2.01. The lowest BCUT2D eigenvalue weighted by Gasteiger charge is -2.26. The number of rotatable bonds is 4. The smallest absolute Gasteiger partial charge is 0.314 e. The highest BCUT2D eigenvalue weighted by Gasteiger charge is 2.47. The number of benzene rings is 1. The Kier molecular flexibility index (Phi) is 4.57. The summed E-state index contributed by atoms with van der Waals surface area (Å²) in [4.78, 5) is 22.7. The topological polar surface area (TPSA) is 51.7 Å². The van der Waals surface area contributed by atoms with Crippen LogP contribution in [0.4, 0.5) is 5.69 Å². The van der Waals surface area contributed by atoms with Crippen LogP contribution in [0.2, 0.25) is 0 Å². The van der Waals surface area contributed by atoms with Crippen molar-refractivity contribution in [3.63, 3.8) is 0 Å². The van der Waals surface area contributed by atoms with Crippen molar-refractivity contribution in [2.45, 2.75) is 26.0 Å². The maximum atomic E-state index is 12.5. The second kappa shape index (κ2) is 6.79. The molecule has 2 aromatic rings. The van der Waals surface area contributed by atoms with Gasteiger partial charge in [0.05, 0.1) is 24.4 Å². The number of pyridine rings is 1. The number of hydrogen-bond acceptors (Lipinski definition) is 5. The molecular formula is C18H20N2O3. The van der Waals surface area contributed by atoms with Crippen LogP contribution in [0.25, 0.3) is 0 Å². The standard InChI is InChI=1S/C18H20N2O3/c1-3-22-18(21)16-13(2)23-20(15-9-5-4-6-10-15)17(16)14-8-7-11-19-12-14/h4-13,16-17H,3H2,1-2H3/t13-,16-,17+/m0/s1.